The van der Waals surface area contributed by atoms with Crippen LogP contribution in [0.2, 0.25) is 5.02 Å². The Balaban J connectivity index is 1.81. The molecule has 3 aliphatic rings. The van der Waals surface area contributed by atoms with Crippen molar-refractivity contribution in [2.24, 2.45) is 5.92 Å². The molecule has 3 saturated heterocycles. The number of benzene rings is 1. The molecule has 1 atom stereocenters. The lowest BCUT2D eigenvalue weighted by molar-refractivity contribution is -0.384. The average Bonchev–Trinajstić information content (AvgIpc) is 2.42. The van der Waals surface area contributed by atoms with Crippen molar-refractivity contribution >= 4 is 23.0 Å². The molecule has 19 heavy (non-hydrogen) atoms. The third-order valence-electron chi connectivity index (χ3n) is 4.15. The number of hydrogen-bond acceptors (Lipinski definition) is 4. The van der Waals surface area contributed by atoms with Gasteiger partial charge in [0.2, 0.25) is 0 Å². The number of nitro benzene ring substituents is 1. The zero-order valence-corrected chi connectivity index (χ0v) is 11.3. The second-order valence-electron chi connectivity index (χ2n) is 5.31. The first-order valence-electron chi connectivity index (χ1n) is 6.56. The molecule has 6 heteroatoms. The highest BCUT2D eigenvalue weighted by Crippen LogP contribution is 2.33. The summed E-state index contributed by atoms with van der Waals surface area (Å²) in [5, 5.41) is 14.8. The normalized spacial score (nSPS) is 29.2. The molecule has 3 fully saturated rings. The average molecular weight is 282 g/mol. The number of anilines is 1. The maximum atomic E-state index is 11.1. The Bertz CT molecular complexity index is 501. The summed E-state index contributed by atoms with van der Waals surface area (Å²) in [5.74, 6) is 0.625. The maximum Gasteiger partial charge on any atom is 0.293 e. The number of fused-ring (bicyclic) bond motifs is 3. The molecule has 102 valence electrons. The predicted octanol–water partition coefficient (Wildman–Crippen LogP) is 2.75. The first kappa shape index (κ1) is 12.7. The maximum absolute atomic E-state index is 11.1. The van der Waals surface area contributed by atoms with E-state index < -0.39 is 0 Å². The quantitative estimate of drug-likeness (QED) is 0.684. The molecule has 1 N–H and O–H groups in total. The zero-order chi connectivity index (χ0) is 13.4. The number of piperidine rings is 3. The summed E-state index contributed by atoms with van der Waals surface area (Å²) >= 11 is 5.83. The van der Waals surface area contributed by atoms with Crippen molar-refractivity contribution in [2.45, 2.75) is 18.9 Å². The molecule has 0 spiro atoms. The van der Waals surface area contributed by atoms with Crippen LogP contribution in [0, 0.1) is 16.0 Å². The van der Waals surface area contributed by atoms with E-state index in [2.05, 4.69) is 10.2 Å². The standard InChI is InChI=1S/C13H16ClN3O2/c14-10-1-2-11(13(7-10)17(18)19)15-12-8-16-5-3-9(12)4-6-16/h1-2,7,9,12,15H,3-6,8H2. The predicted molar refractivity (Wildman–Crippen MR) is 74.7 cm³/mol. The lowest BCUT2D eigenvalue weighted by atomic mass is 9.84. The Hall–Kier alpha value is -1.33. The first-order valence-corrected chi connectivity index (χ1v) is 6.94. The van der Waals surface area contributed by atoms with Gasteiger partial charge in [-0.2, -0.15) is 0 Å². The summed E-state index contributed by atoms with van der Waals surface area (Å²) in [6.07, 6.45) is 2.36. The Labute approximate surface area is 116 Å². The third kappa shape index (κ3) is 2.53. The van der Waals surface area contributed by atoms with Gasteiger partial charge in [-0.05, 0) is 44.0 Å². The molecule has 0 aliphatic carbocycles. The fourth-order valence-electron chi connectivity index (χ4n) is 3.11. The minimum Gasteiger partial charge on any atom is -0.375 e. The molecule has 1 unspecified atom stereocenters. The van der Waals surface area contributed by atoms with Gasteiger partial charge in [0, 0.05) is 23.7 Å². The highest BCUT2D eigenvalue weighted by molar-refractivity contribution is 6.30. The lowest BCUT2D eigenvalue weighted by Gasteiger charge is -2.45. The van der Waals surface area contributed by atoms with E-state index in [4.69, 9.17) is 11.6 Å². The van der Waals surface area contributed by atoms with E-state index in [-0.39, 0.29) is 10.6 Å². The van der Waals surface area contributed by atoms with Crippen molar-refractivity contribution < 1.29 is 4.92 Å². The molecule has 0 radical (unpaired) electrons. The van der Waals surface area contributed by atoms with Crippen LogP contribution in [-0.2, 0) is 0 Å². The van der Waals surface area contributed by atoms with E-state index in [1.54, 1.807) is 12.1 Å². The van der Waals surface area contributed by atoms with Crippen LogP contribution in [0.1, 0.15) is 12.8 Å². The van der Waals surface area contributed by atoms with Gasteiger partial charge in [-0.3, -0.25) is 10.1 Å². The zero-order valence-electron chi connectivity index (χ0n) is 10.5. The van der Waals surface area contributed by atoms with E-state index in [0.29, 0.717) is 22.7 Å². The Kier molecular flexibility index (Phi) is 3.33. The van der Waals surface area contributed by atoms with Crippen LogP contribution in [-0.4, -0.2) is 35.5 Å². The van der Waals surface area contributed by atoms with Gasteiger partial charge in [-0.15, -0.1) is 0 Å². The lowest BCUT2D eigenvalue weighted by Crippen LogP contribution is -2.53. The van der Waals surface area contributed by atoms with Gasteiger partial charge >= 0.3 is 0 Å². The Morgan fingerprint density at radius 3 is 2.68 bits per heavy atom. The molecule has 0 aromatic heterocycles. The number of nitrogens with zero attached hydrogens (tertiary/aromatic N) is 2. The number of nitro groups is 1. The van der Waals surface area contributed by atoms with Crippen LogP contribution >= 0.6 is 11.6 Å². The van der Waals surface area contributed by atoms with Crippen LogP contribution in [0.15, 0.2) is 18.2 Å². The number of halogens is 1. The summed E-state index contributed by atoms with van der Waals surface area (Å²) in [6, 6.07) is 5.11. The number of rotatable bonds is 3. The van der Waals surface area contributed by atoms with Crippen molar-refractivity contribution in [3.63, 3.8) is 0 Å². The molecule has 2 bridgehead atoms. The summed E-state index contributed by atoms with van der Waals surface area (Å²) in [6.45, 7) is 3.29. The number of hydrogen-bond donors (Lipinski definition) is 1. The topological polar surface area (TPSA) is 58.4 Å². The van der Waals surface area contributed by atoms with Gasteiger partial charge in [0.25, 0.3) is 5.69 Å². The second kappa shape index (κ2) is 4.98. The summed E-state index contributed by atoms with van der Waals surface area (Å²) in [5.41, 5.74) is 0.636. The van der Waals surface area contributed by atoms with Crippen molar-refractivity contribution in [2.75, 3.05) is 25.0 Å². The van der Waals surface area contributed by atoms with Gasteiger partial charge in [-0.25, -0.2) is 0 Å². The minimum absolute atomic E-state index is 0.0592. The van der Waals surface area contributed by atoms with Gasteiger partial charge in [0.05, 0.1) is 4.92 Å². The fraction of sp³-hybridized carbons (Fsp3) is 0.538. The first-order chi connectivity index (χ1) is 9.13. The summed E-state index contributed by atoms with van der Waals surface area (Å²) < 4.78 is 0. The van der Waals surface area contributed by atoms with Gasteiger partial charge in [0.1, 0.15) is 5.69 Å². The van der Waals surface area contributed by atoms with E-state index >= 15 is 0 Å². The van der Waals surface area contributed by atoms with E-state index in [9.17, 15) is 10.1 Å². The monoisotopic (exact) mass is 281 g/mol. The molecule has 5 nitrogen and oxygen atoms in total. The van der Waals surface area contributed by atoms with Gasteiger partial charge in [-0.1, -0.05) is 11.6 Å². The molecular formula is C13H16ClN3O2. The van der Waals surface area contributed by atoms with Gasteiger partial charge in [0.15, 0.2) is 0 Å². The highest BCUT2D eigenvalue weighted by Gasteiger charge is 2.34. The van der Waals surface area contributed by atoms with Crippen molar-refractivity contribution in [1.82, 2.24) is 4.90 Å². The van der Waals surface area contributed by atoms with Crippen LogP contribution in [0.25, 0.3) is 0 Å². The molecule has 3 aliphatic heterocycles. The second-order valence-corrected chi connectivity index (χ2v) is 5.74. The Morgan fingerprint density at radius 2 is 2.11 bits per heavy atom. The van der Waals surface area contributed by atoms with E-state index in [1.165, 1.54) is 18.9 Å². The van der Waals surface area contributed by atoms with Crippen LogP contribution in [0.5, 0.6) is 0 Å². The molecule has 0 amide bonds. The molecule has 1 aromatic carbocycles. The fourth-order valence-corrected chi connectivity index (χ4v) is 3.27. The smallest absolute Gasteiger partial charge is 0.293 e. The molecular weight excluding hydrogens is 266 g/mol. The molecule has 3 heterocycles. The van der Waals surface area contributed by atoms with E-state index in [0.717, 1.165) is 19.6 Å². The Morgan fingerprint density at radius 1 is 1.37 bits per heavy atom. The molecule has 4 rings (SSSR count). The van der Waals surface area contributed by atoms with Crippen molar-refractivity contribution in [3.8, 4) is 0 Å². The van der Waals surface area contributed by atoms with Crippen LogP contribution < -0.4 is 5.32 Å². The van der Waals surface area contributed by atoms with Crippen LogP contribution in [0.4, 0.5) is 11.4 Å². The van der Waals surface area contributed by atoms with Crippen molar-refractivity contribution in [3.05, 3.63) is 33.3 Å². The SMILES string of the molecule is O=[N+]([O-])c1cc(Cl)ccc1NC1CN2CCC1CC2. The minimum atomic E-state index is -0.379. The molecule has 0 saturated carbocycles. The summed E-state index contributed by atoms with van der Waals surface area (Å²) in [4.78, 5) is 13.1. The highest BCUT2D eigenvalue weighted by atomic mass is 35.5. The third-order valence-corrected chi connectivity index (χ3v) is 4.39. The summed E-state index contributed by atoms with van der Waals surface area (Å²) in [7, 11) is 0. The largest absolute Gasteiger partial charge is 0.375 e. The number of nitrogens with one attached hydrogen (secondary N) is 1. The van der Waals surface area contributed by atoms with Crippen molar-refractivity contribution in [1.29, 1.82) is 0 Å². The van der Waals surface area contributed by atoms with Gasteiger partial charge < -0.3 is 10.2 Å². The molecule has 1 aromatic rings. The van der Waals surface area contributed by atoms with E-state index in [1.807, 2.05) is 0 Å². The van der Waals surface area contributed by atoms with Crippen LogP contribution in [0.3, 0.4) is 0 Å².